The van der Waals surface area contributed by atoms with Crippen LogP contribution in [0.15, 0.2) is 93.2 Å². The first-order valence-electron chi connectivity index (χ1n) is 12.7. The maximum absolute atomic E-state index is 13.6. The molecule has 3 N–H and O–H groups in total. The molecule has 0 aliphatic carbocycles. The summed E-state index contributed by atoms with van der Waals surface area (Å²) >= 11 is 2.58. The SMILES string of the molecule is CC1=C(C(=O)Nc2nc3ccccc3s2)C(c2ccco2)C(C#N)=C(SCC(=O)Nc2ccc(C(C)C)cc2)N1. The smallest absolute Gasteiger partial charge is 0.256 e. The van der Waals surface area contributed by atoms with Gasteiger partial charge in [0.25, 0.3) is 5.91 Å². The van der Waals surface area contributed by atoms with E-state index in [1.807, 2.05) is 48.5 Å². The lowest BCUT2D eigenvalue weighted by atomic mass is 9.85. The highest BCUT2D eigenvalue weighted by Crippen LogP contribution is 2.41. The van der Waals surface area contributed by atoms with Crippen LogP contribution in [0.3, 0.4) is 0 Å². The van der Waals surface area contributed by atoms with Crippen LogP contribution in [0, 0.1) is 11.3 Å². The van der Waals surface area contributed by atoms with Crippen molar-refractivity contribution in [2.75, 3.05) is 16.4 Å². The Bertz CT molecular complexity index is 1630. The predicted octanol–water partition coefficient (Wildman–Crippen LogP) is 6.72. The second kappa shape index (κ2) is 11.8. The summed E-state index contributed by atoms with van der Waals surface area (Å²) in [6.45, 7) is 6.00. The zero-order valence-electron chi connectivity index (χ0n) is 22.1. The third-order valence-electron chi connectivity index (χ3n) is 6.44. The number of nitrogens with zero attached hydrogens (tertiary/aromatic N) is 2. The molecule has 40 heavy (non-hydrogen) atoms. The number of thioether (sulfide) groups is 1. The molecule has 0 saturated carbocycles. The lowest BCUT2D eigenvalue weighted by Gasteiger charge is -2.28. The average Bonchev–Trinajstić information content (AvgIpc) is 3.61. The molecule has 0 radical (unpaired) electrons. The van der Waals surface area contributed by atoms with Gasteiger partial charge in [-0.1, -0.05) is 61.2 Å². The number of furan rings is 1. The molecule has 1 aliphatic rings. The summed E-state index contributed by atoms with van der Waals surface area (Å²) in [4.78, 5) is 30.8. The zero-order valence-corrected chi connectivity index (χ0v) is 23.8. The molecular weight excluding hydrogens is 542 g/mol. The number of hydrogen-bond acceptors (Lipinski definition) is 8. The van der Waals surface area contributed by atoms with E-state index in [1.165, 1.54) is 34.9 Å². The van der Waals surface area contributed by atoms with E-state index >= 15 is 0 Å². The van der Waals surface area contributed by atoms with E-state index in [0.717, 1.165) is 10.2 Å². The molecule has 5 rings (SSSR count). The monoisotopic (exact) mass is 569 g/mol. The van der Waals surface area contributed by atoms with Crippen LogP contribution < -0.4 is 16.0 Å². The summed E-state index contributed by atoms with van der Waals surface area (Å²) in [5, 5.41) is 20.2. The standard InChI is InChI=1S/C30H27N5O3S2/c1-17(2)19-10-12-20(13-11-19)33-25(36)16-39-29-21(15-31)27(23-8-6-14-38-23)26(18(3)32-29)28(37)35-30-34-22-7-4-5-9-24(22)40-30/h4-14,17,27,32H,16H2,1-3H3,(H,33,36)(H,34,35,37). The number of rotatable bonds is 8. The first kappa shape index (κ1) is 27.2. The Kier molecular flexibility index (Phi) is 8.05. The number of para-hydroxylation sites is 1. The number of carbonyl (C=O) groups is 2. The summed E-state index contributed by atoms with van der Waals surface area (Å²) in [5.74, 6) is -0.399. The molecule has 4 aromatic rings. The quantitative estimate of drug-likeness (QED) is 0.215. The van der Waals surface area contributed by atoms with Crippen molar-refractivity contribution in [1.82, 2.24) is 10.3 Å². The Morgan fingerprint density at radius 3 is 2.58 bits per heavy atom. The van der Waals surface area contributed by atoms with E-state index in [2.05, 4.69) is 40.9 Å². The van der Waals surface area contributed by atoms with Crippen LogP contribution in [0.5, 0.6) is 0 Å². The molecule has 0 bridgehead atoms. The maximum atomic E-state index is 13.6. The third-order valence-corrected chi connectivity index (χ3v) is 8.41. The minimum absolute atomic E-state index is 0.0742. The van der Waals surface area contributed by atoms with Gasteiger partial charge in [-0.15, -0.1) is 0 Å². The van der Waals surface area contributed by atoms with Crippen molar-refractivity contribution in [2.45, 2.75) is 32.6 Å². The number of benzene rings is 2. The zero-order chi connectivity index (χ0) is 28.2. The minimum Gasteiger partial charge on any atom is -0.468 e. The lowest BCUT2D eigenvalue weighted by molar-refractivity contribution is -0.114. The van der Waals surface area contributed by atoms with Crippen LogP contribution in [0.4, 0.5) is 10.8 Å². The van der Waals surface area contributed by atoms with E-state index in [0.29, 0.717) is 44.4 Å². The van der Waals surface area contributed by atoms with E-state index in [1.54, 1.807) is 19.1 Å². The number of aromatic nitrogens is 1. The molecule has 0 fully saturated rings. The van der Waals surface area contributed by atoms with Gasteiger partial charge in [0.15, 0.2) is 5.13 Å². The van der Waals surface area contributed by atoms with E-state index < -0.39 is 5.92 Å². The van der Waals surface area contributed by atoms with Crippen LogP contribution in [-0.2, 0) is 9.59 Å². The van der Waals surface area contributed by atoms with Gasteiger partial charge in [0.1, 0.15) is 5.76 Å². The van der Waals surface area contributed by atoms with Crippen LogP contribution >= 0.6 is 23.1 Å². The van der Waals surface area contributed by atoms with Crippen molar-refractivity contribution in [1.29, 1.82) is 5.26 Å². The van der Waals surface area contributed by atoms with Crippen molar-refractivity contribution >= 4 is 55.9 Å². The largest absolute Gasteiger partial charge is 0.468 e. The molecule has 8 nitrogen and oxygen atoms in total. The number of carbonyl (C=O) groups excluding carboxylic acids is 2. The number of nitrogens with one attached hydrogen (secondary N) is 3. The number of dihydropyridines is 1. The van der Waals surface area contributed by atoms with Crippen molar-refractivity contribution in [3.05, 3.63) is 100 Å². The van der Waals surface area contributed by atoms with Gasteiger partial charge in [0, 0.05) is 11.4 Å². The second-order valence-electron chi connectivity index (χ2n) is 9.52. The Balaban J connectivity index is 1.35. The van der Waals surface area contributed by atoms with Crippen molar-refractivity contribution in [3.8, 4) is 6.07 Å². The molecule has 2 aromatic heterocycles. The molecule has 1 unspecified atom stereocenters. The summed E-state index contributed by atoms with van der Waals surface area (Å²) in [5.41, 5.74) is 3.91. The summed E-state index contributed by atoms with van der Waals surface area (Å²) in [6.07, 6.45) is 1.51. The highest BCUT2D eigenvalue weighted by atomic mass is 32.2. The summed E-state index contributed by atoms with van der Waals surface area (Å²) in [7, 11) is 0. The van der Waals surface area contributed by atoms with Crippen LogP contribution in [0.25, 0.3) is 10.2 Å². The number of fused-ring (bicyclic) bond motifs is 1. The number of anilines is 2. The second-order valence-corrected chi connectivity index (χ2v) is 11.5. The number of allylic oxidation sites excluding steroid dienone is 2. The first-order valence-corrected chi connectivity index (χ1v) is 14.5. The number of nitriles is 1. The van der Waals surface area contributed by atoms with Gasteiger partial charge in [-0.2, -0.15) is 5.26 Å². The number of hydrogen-bond donors (Lipinski definition) is 3. The normalized spacial score (nSPS) is 15.2. The Morgan fingerprint density at radius 2 is 1.90 bits per heavy atom. The van der Waals surface area contributed by atoms with Crippen LogP contribution in [0.1, 0.15) is 43.9 Å². The fourth-order valence-electron chi connectivity index (χ4n) is 4.44. The molecule has 1 aliphatic heterocycles. The molecule has 1 atom stereocenters. The van der Waals surface area contributed by atoms with Crippen molar-refractivity contribution in [2.24, 2.45) is 0 Å². The van der Waals surface area contributed by atoms with E-state index in [4.69, 9.17) is 4.42 Å². The molecule has 2 aromatic carbocycles. The van der Waals surface area contributed by atoms with Gasteiger partial charge in [0.05, 0.1) is 50.4 Å². The Labute approximate surface area is 240 Å². The van der Waals surface area contributed by atoms with Crippen molar-refractivity contribution in [3.63, 3.8) is 0 Å². The highest BCUT2D eigenvalue weighted by Gasteiger charge is 2.36. The predicted molar refractivity (Wildman–Crippen MR) is 160 cm³/mol. The molecule has 0 saturated heterocycles. The van der Waals surface area contributed by atoms with E-state index in [9.17, 15) is 14.9 Å². The van der Waals surface area contributed by atoms with Gasteiger partial charge in [-0.3, -0.25) is 14.9 Å². The van der Waals surface area contributed by atoms with Gasteiger partial charge in [-0.25, -0.2) is 4.98 Å². The topological polar surface area (TPSA) is 120 Å². The Hall–Kier alpha value is -4.33. The minimum atomic E-state index is -0.746. The van der Waals surface area contributed by atoms with Gasteiger partial charge >= 0.3 is 0 Å². The van der Waals surface area contributed by atoms with Crippen LogP contribution in [0.2, 0.25) is 0 Å². The Morgan fingerprint density at radius 1 is 1.12 bits per heavy atom. The summed E-state index contributed by atoms with van der Waals surface area (Å²) < 4.78 is 6.64. The van der Waals surface area contributed by atoms with E-state index in [-0.39, 0.29) is 17.6 Å². The maximum Gasteiger partial charge on any atom is 0.256 e. The highest BCUT2D eigenvalue weighted by molar-refractivity contribution is 8.03. The van der Waals surface area contributed by atoms with Crippen molar-refractivity contribution < 1.29 is 14.0 Å². The molecular formula is C30H27N5O3S2. The third kappa shape index (κ3) is 5.81. The fraction of sp³-hybridized carbons (Fsp3) is 0.200. The van der Waals surface area contributed by atoms with Crippen LogP contribution in [-0.4, -0.2) is 22.6 Å². The summed E-state index contributed by atoms with van der Waals surface area (Å²) in [6, 6.07) is 21.1. The van der Waals surface area contributed by atoms with Gasteiger partial charge in [-0.05, 0) is 54.8 Å². The average molecular weight is 570 g/mol. The lowest BCUT2D eigenvalue weighted by Crippen LogP contribution is -2.31. The first-order chi connectivity index (χ1) is 19.3. The molecule has 0 spiro atoms. The molecule has 202 valence electrons. The fourth-order valence-corrected chi connectivity index (χ4v) is 6.20. The molecule has 3 heterocycles. The van der Waals surface area contributed by atoms with Gasteiger partial charge < -0.3 is 15.1 Å². The number of amides is 2. The van der Waals surface area contributed by atoms with Gasteiger partial charge in [0.2, 0.25) is 5.91 Å². The molecule has 10 heteroatoms. The number of thiazole rings is 1. The molecule has 2 amide bonds.